The molecular formula is C13H16N4O2. The van der Waals surface area contributed by atoms with Crippen molar-refractivity contribution in [1.29, 1.82) is 0 Å². The summed E-state index contributed by atoms with van der Waals surface area (Å²) in [4.78, 5) is 17.9. The Kier molecular flexibility index (Phi) is 3.79. The van der Waals surface area contributed by atoms with Gasteiger partial charge >= 0.3 is 0 Å². The van der Waals surface area contributed by atoms with Gasteiger partial charge in [0.2, 0.25) is 5.89 Å². The molecule has 0 spiro atoms. The van der Waals surface area contributed by atoms with Gasteiger partial charge in [0.15, 0.2) is 5.82 Å². The molecule has 6 nitrogen and oxygen atoms in total. The summed E-state index contributed by atoms with van der Waals surface area (Å²) in [7, 11) is 3.90. The number of anilines is 1. The highest BCUT2D eigenvalue weighted by molar-refractivity contribution is 5.94. The van der Waals surface area contributed by atoms with Crippen LogP contribution in [0.5, 0.6) is 0 Å². The van der Waals surface area contributed by atoms with E-state index in [4.69, 9.17) is 4.52 Å². The van der Waals surface area contributed by atoms with Crippen LogP contribution in [0, 0.1) is 6.92 Å². The standard InChI is InChI=1S/C13H16N4O2/c1-9-15-12(19-16-9)8-14-13(18)10-4-6-11(7-5-10)17(2)3/h4-7H,8H2,1-3H3,(H,14,18). The van der Waals surface area contributed by atoms with E-state index in [0.717, 1.165) is 5.69 Å². The van der Waals surface area contributed by atoms with Crippen molar-refractivity contribution >= 4 is 11.6 Å². The van der Waals surface area contributed by atoms with Gasteiger partial charge in [-0.2, -0.15) is 4.98 Å². The van der Waals surface area contributed by atoms with Gasteiger partial charge in [0.25, 0.3) is 5.91 Å². The molecular weight excluding hydrogens is 244 g/mol. The molecule has 1 amide bonds. The molecule has 0 aliphatic heterocycles. The molecule has 0 unspecified atom stereocenters. The van der Waals surface area contributed by atoms with Crippen molar-refractivity contribution in [2.45, 2.75) is 13.5 Å². The Balaban J connectivity index is 1.96. The third kappa shape index (κ3) is 3.31. The first kappa shape index (κ1) is 13.1. The number of hydrogen-bond donors (Lipinski definition) is 1. The fraction of sp³-hybridized carbons (Fsp3) is 0.308. The third-order valence-electron chi connectivity index (χ3n) is 2.62. The van der Waals surface area contributed by atoms with Crippen LogP contribution < -0.4 is 10.2 Å². The number of amides is 1. The highest BCUT2D eigenvalue weighted by Crippen LogP contribution is 2.12. The normalized spacial score (nSPS) is 10.3. The first-order valence-electron chi connectivity index (χ1n) is 5.91. The quantitative estimate of drug-likeness (QED) is 0.899. The van der Waals surface area contributed by atoms with Crippen molar-refractivity contribution in [3.05, 3.63) is 41.5 Å². The molecule has 6 heteroatoms. The Morgan fingerprint density at radius 2 is 2.00 bits per heavy atom. The van der Waals surface area contributed by atoms with E-state index in [1.807, 2.05) is 31.1 Å². The van der Waals surface area contributed by atoms with Gasteiger partial charge in [0.05, 0.1) is 6.54 Å². The largest absolute Gasteiger partial charge is 0.378 e. The second kappa shape index (κ2) is 5.51. The number of rotatable bonds is 4. The van der Waals surface area contributed by atoms with Gasteiger partial charge in [0, 0.05) is 25.3 Å². The molecule has 0 saturated carbocycles. The fourth-order valence-electron chi connectivity index (χ4n) is 1.58. The number of carbonyl (C=O) groups excluding carboxylic acids is 1. The highest BCUT2D eigenvalue weighted by Gasteiger charge is 2.08. The molecule has 2 rings (SSSR count). The predicted molar refractivity (Wildman–Crippen MR) is 71.0 cm³/mol. The van der Waals surface area contributed by atoms with E-state index in [1.54, 1.807) is 19.1 Å². The van der Waals surface area contributed by atoms with Crippen molar-refractivity contribution in [2.24, 2.45) is 0 Å². The average molecular weight is 260 g/mol. The van der Waals surface area contributed by atoms with Gasteiger partial charge in [-0.05, 0) is 31.2 Å². The first-order valence-corrected chi connectivity index (χ1v) is 5.91. The fourth-order valence-corrected chi connectivity index (χ4v) is 1.58. The number of hydrogen-bond acceptors (Lipinski definition) is 5. The molecule has 0 atom stereocenters. The summed E-state index contributed by atoms with van der Waals surface area (Å²) >= 11 is 0. The summed E-state index contributed by atoms with van der Waals surface area (Å²) < 4.78 is 4.92. The molecule has 0 saturated heterocycles. The maximum Gasteiger partial charge on any atom is 0.251 e. The van der Waals surface area contributed by atoms with E-state index in [0.29, 0.717) is 17.3 Å². The smallest absolute Gasteiger partial charge is 0.251 e. The lowest BCUT2D eigenvalue weighted by Gasteiger charge is -2.12. The van der Waals surface area contributed by atoms with E-state index in [2.05, 4.69) is 15.5 Å². The van der Waals surface area contributed by atoms with Crippen LogP contribution in [0.1, 0.15) is 22.1 Å². The van der Waals surface area contributed by atoms with Crippen LogP contribution in [0.3, 0.4) is 0 Å². The summed E-state index contributed by atoms with van der Waals surface area (Å²) in [5, 5.41) is 6.38. The van der Waals surface area contributed by atoms with Crippen LogP contribution in [0.2, 0.25) is 0 Å². The van der Waals surface area contributed by atoms with Crippen LogP contribution in [-0.4, -0.2) is 30.1 Å². The van der Waals surface area contributed by atoms with Gasteiger partial charge < -0.3 is 14.7 Å². The lowest BCUT2D eigenvalue weighted by molar-refractivity contribution is 0.0946. The zero-order chi connectivity index (χ0) is 13.8. The minimum Gasteiger partial charge on any atom is -0.378 e. The van der Waals surface area contributed by atoms with Crippen molar-refractivity contribution in [2.75, 3.05) is 19.0 Å². The zero-order valence-electron chi connectivity index (χ0n) is 11.2. The van der Waals surface area contributed by atoms with Crippen molar-refractivity contribution in [3.63, 3.8) is 0 Å². The van der Waals surface area contributed by atoms with E-state index in [1.165, 1.54) is 0 Å². The van der Waals surface area contributed by atoms with Crippen LogP contribution in [-0.2, 0) is 6.54 Å². The molecule has 0 aliphatic rings. The second-order valence-corrected chi connectivity index (χ2v) is 4.36. The number of nitrogens with zero attached hydrogens (tertiary/aromatic N) is 3. The number of aromatic nitrogens is 2. The van der Waals surface area contributed by atoms with Gasteiger partial charge in [0.1, 0.15) is 0 Å². The summed E-state index contributed by atoms with van der Waals surface area (Å²) in [6, 6.07) is 7.35. The second-order valence-electron chi connectivity index (χ2n) is 4.36. The van der Waals surface area contributed by atoms with Crippen LogP contribution in [0.4, 0.5) is 5.69 Å². The number of nitrogens with one attached hydrogen (secondary N) is 1. The maximum atomic E-state index is 11.9. The number of carbonyl (C=O) groups is 1. The zero-order valence-corrected chi connectivity index (χ0v) is 11.2. The summed E-state index contributed by atoms with van der Waals surface area (Å²) in [6.07, 6.45) is 0. The molecule has 0 aliphatic carbocycles. The Morgan fingerprint density at radius 1 is 1.32 bits per heavy atom. The first-order chi connectivity index (χ1) is 9.06. The Labute approximate surface area is 111 Å². The van der Waals surface area contributed by atoms with Gasteiger partial charge in [-0.15, -0.1) is 0 Å². The number of benzene rings is 1. The summed E-state index contributed by atoms with van der Waals surface area (Å²) in [6.45, 7) is 1.96. The predicted octanol–water partition coefficient (Wildman–Crippen LogP) is 1.37. The molecule has 1 N–H and O–H groups in total. The number of aryl methyl sites for hydroxylation is 1. The molecule has 0 fully saturated rings. The minimum absolute atomic E-state index is 0.166. The van der Waals surface area contributed by atoms with E-state index in [9.17, 15) is 4.79 Å². The summed E-state index contributed by atoms with van der Waals surface area (Å²) in [5.74, 6) is 0.788. The van der Waals surface area contributed by atoms with E-state index < -0.39 is 0 Å². The Bertz CT molecular complexity index is 560. The molecule has 2 aromatic rings. The molecule has 1 aromatic carbocycles. The van der Waals surface area contributed by atoms with E-state index >= 15 is 0 Å². The average Bonchev–Trinajstić information content (AvgIpc) is 2.82. The van der Waals surface area contributed by atoms with Gasteiger partial charge in [-0.1, -0.05) is 5.16 Å². The summed E-state index contributed by atoms with van der Waals surface area (Å²) in [5.41, 5.74) is 1.64. The van der Waals surface area contributed by atoms with Crippen molar-refractivity contribution in [1.82, 2.24) is 15.5 Å². The molecule has 1 aromatic heterocycles. The van der Waals surface area contributed by atoms with Gasteiger partial charge in [-0.3, -0.25) is 4.79 Å². The Hall–Kier alpha value is -2.37. The monoisotopic (exact) mass is 260 g/mol. The molecule has 0 bridgehead atoms. The van der Waals surface area contributed by atoms with Crippen molar-refractivity contribution in [3.8, 4) is 0 Å². The van der Waals surface area contributed by atoms with Crippen molar-refractivity contribution < 1.29 is 9.32 Å². The molecule has 0 radical (unpaired) electrons. The SMILES string of the molecule is Cc1noc(CNC(=O)c2ccc(N(C)C)cc2)n1. The Morgan fingerprint density at radius 3 is 2.53 bits per heavy atom. The van der Waals surface area contributed by atoms with Crippen LogP contribution >= 0.6 is 0 Å². The molecule has 19 heavy (non-hydrogen) atoms. The molecule has 1 heterocycles. The third-order valence-corrected chi connectivity index (χ3v) is 2.62. The maximum absolute atomic E-state index is 11.9. The lowest BCUT2D eigenvalue weighted by atomic mass is 10.2. The lowest BCUT2D eigenvalue weighted by Crippen LogP contribution is -2.23. The van der Waals surface area contributed by atoms with Crippen LogP contribution in [0.25, 0.3) is 0 Å². The van der Waals surface area contributed by atoms with Crippen LogP contribution in [0.15, 0.2) is 28.8 Å². The van der Waals surface area contributed by atoms with Gasteiger partial charge in [-0.25, -0.2) is 0 Å². The van der Waals surface area contributed by atoms with E-state index in [-0.39, 0.29) is 12.5 Å². The minimum atomic E-state index is -0.166. The highest BCUT2D eigenvalue weighted by atomic mass is 16.5. The topological polar surface area (TPSA) is 71.3 Å². The molecule has 100 valence electrons.